The summed E-state index contributed by atoms with van der Waals surface area (Å²) >= 11 is 0. The minimum Gasteiger partial charge on any atom is -0.353 e. The Balaban J connectivity index is 2.10. The molecule has 1 aromatic rings. The van der Waals surface area contributed by atoms with Crippen molar-refractivity contribution in [3.63, 3.8) is 0 Å². The van der Waals surface area contributed by atoms with Gasteiger partial charge in [-0.05, 0) is 66.7 Å². The Labute approximate surface area is 157 Å². The van der Waals surface area contributed by atoms with Gasteiger partial charge < -0.3 is 15.1 Å². The van der Waals surface area contributed by atoms with Crippen LogP contribution >= 0.6 is 0 Å². The summed E-state index contributed by atoms with van der Waals surface area (Å²) in [6, 6.07) is 5.86. The predicted octanol–water partition coefficient (Wildman–Crippen LogP) is 1.96. The number of likely N-dealkylation sites (tertiary alicyclic amines) is 1. The number of rotatable bonds is 7. The number of halogens is 1. The van der Waals surface area contributed by atoms with E-state index in [-0.39, 0.29) is 17.3 Å². The standard InChI is InChI=1S/C20H33FN4O/c1-6-25-13-11-20(12-14-25,24(4)5)15-22-19(26)18(23(2)3)16-9-7-8-10-17(16)21/h7-10,18H,6,11-15H2,1-5H3,(H,22,26). The Kier molecular flexibility index (Phi) is 7.15. The van der Waals surface area contributed by atoms with E-state index < -0.39 is 6.04 Å². The maximum atomic E-state index is 14.2. The topological polar surface area (TPSA) is 38.8 Å². The van der Waals surface area contributed by atoms with E-state index in [0.717, 1.165) is 32.5 Å². The number of benzene rings is 1. The molecule has 1 amide bonds. The molecule has 1 fully saturated rings. The molecule has 0 radical (unpaired) electrons. The first-order chi connectivity index (χ1) is 12.3. The molecule has 146 valence electrons. The van der Waals surface area contributed by atoms with Gasteiger partial charge in [-0.25, -0.2) is 4.39 Å². The van der Waals surface area contributed by atoms with Crippen molar-refractivity contribution >= 4 is 5.91 Å². The van der Waals surface area contributed by atoms with Gasteiger partial charge in [0.25, 0.3) is 0 Å². The van der Waals surface area contributed by atoms with Crippen molar-refractivity contribution in [3.05, 3.63) is 35.6 Å². The van der Waals surface area contributed by atoms with E-state index in [1.807, 2.05) is 0 Å². The third-order valence-corrected chi connectivity index (χ3v) is 5.74. The summed E-state index contributed by atoms with van der Waals surface area (Å²) in [4.78, 5) is 19.3. The number of likely N-dealkylation sites (N-methyl/N-ethyl adjacent to an activating group) is 2. The van der Waals surface area contributed by atoms with Crippen LogP contribution in [-0.2, 0) is 4.79 Å². The van der Waals surface area contributed by atoms with Crippen molar-refractivity contribution in [2.24, 2.45) is 0 Å². The molecule has 0 aromatic heterocycles. The molecule has 1 heterocycles. The van der Waals surface area contributed by atoms with Crippen LogP contribution in [0.5, 0.6) is 0 Å². The Morgan fingerprint density at radius 1 is 1.23 bits per heavy atom. The lowest BCUT2D eigenvalue weighted by Crippen LogP contribution is -2.59. The van der Waals surface area contributed by atoms with Crippen LogP contribution in [0, 0.1) is 5.82 Å². The smallest absolute Gasteiger partial charge is 0.242 e. The average molecular weight is 365 g/mol. The molecule has 1 N–H and O–H groups in total. The minimum absolute atomic E-state index is 0.0482. The lowest BCUT2D eigenvalue weighted by molar-refractivity contribution is -0.126. The molecule has 1 unspecified atom stereocenters. The molecule has 0 spiro atoms. The Morgan fingerprint density at radius 3 is 2.35 bits per heavy atom. The van der Waals surface area contributed by atoms with Gasteiger partial charge in [0.15, 0.2) is 0 Å². The highest BCUT2D eigenvalue weighted by molar-refractivity contribution is 5.83. The van der Waals surface area contributed by atoms with Crippen LogP contribution in [0.15, 0.2) is 24.3 Å². The van der Waals surface area contributed by atoms with E-state index in [2.05, 4.69) is 36.1 Å². The van der Waals surface area contributed by atoms with E-state index in [0.29, 0.717) is 12.1 Å². The van der Waals surface area contributed by atoms with Crippen LogP contribution in [0.2, 0.25) is 0 Å². The average Bonchev–Trinajstić information content (AvgIpc) is 2.61. The maximum Gasteiger partial charge on any atom is 0.242 e. The van der Waals surface area contributed by atoms with E-state index in [1.165, 1.54) is 6.07 Å². The summed E-state index contributed by atoms with van der Waals surface area (Å²) in [5.41, 5.74) is 0.364. The fourth-order valence-electron chi connectivity index (χ4n) is 3.77. The lowest BCUT2D eigenvalue weighted by atomic mass is 9.86. The Hall–Kier alpha value is -1.50. The number of nitrogens with zero attached hydrogens (tertiary/aromatic N) is 3. The zero-order valence-electron chi connectivity index (χ0n) is 16.8. The first-order valence-corrected chi connectivity index (χ1v) is 9.39. The summed E-state index contributed by atoms with van der Waals surface area (Å²) in [6.45, 7) is 5.89. The summed E-state index contributed by atoms with van der Waals surface area (Å²) in [7, 11) is 7.76. The van der Waals surface area contributed by atoms with Crippen LogP contribution in [0.1, 0.15) is 31.4 Å². The van der Waals surface area contributed by atoms with Crippen LogP contribution in [0.4, 0.5) is 4.39 Å². The van der Waals surface area contributed by atoms with Crippen LogP contribution in [-0.4, -0.2) is 80.5 Å². The monoisotopic (exact) mass is 364 g/mol. The number of carbonyl (C=O) groups excluding carboxylic acids is 1. The summed E-state index contributed by atoms with van der Waals surface area (Å²) in [6.07, 6.45) is 2.03. The zero-order chi connectivity index (χ0) is 19.3. The fraction of sp³-hybridized carbons (Fsp3) is 0.650. The zero-order valence-corrected chi connectivity index (χ0v) is 16.8. The molecule has 0 aliphatic carbocycles. The molecule has 0 saturated carbocycles. The molecule has 2 rings (SSSR count). The molecule has 0 bridgehead atoms. The fourth-order valence-corrected chi connectivity index (χ4v) is 3.77. The van der Waals surface area contributed by atoms with Gasteiger partial charge in [-0.2, -0.15) is 0 Å². The molecule has 5 nitrogen and oxygen atoms in total. The van der Waals surface area contributed by atoms with Crippen molar-refractivity contribution in [3.8, 4) is 0 Å². The van der Waals surface area contributed by atoms with Gasteiger partial charge in [0.1, 0.15) is 11.9 Å². The molecule has 1 aliphatic heterocycles. The SMILES string of the molecule is CCN1CCC(CNC(=O)C(c2ccccc2F)N(C)C)(N(C)C)CC1. The van der Waals surface area contributed by atoms with Crippen LogP contribution < -0.4 is 5.32 Å². The van der Waals surface area contributed by atoms with E-state index >= 15 is 0 Å². The quantitative estimate of drug-likeness (QED) is 0.803. The van der Waals surface area contributed by atoms with Gasteiger partial charge in [0.05, 0.1) is 0 Å². The highest BCUT2D eigenvalue weighted by atomic mass is 19.1. The van der Waals surface area contributed by atoms with Crippen molar-refractivity contribution in [1.29, 1.82) is 0 Å². The van der Waals surface area contributed by atoms with Gasteiger partial charge in [0.2, 0.25) is 5.91 Å². The molecule has 1 saturated heterocycles. The Morgan fingerprint density at radius 2 is 1.85 bits per heavy atom. The predicted molar refractivity (Wildman–Crippen MR) is 104 cm³/mol. The molecular formula is C20H33FN4O. The first kappa shape index (κ1) is 20.8. The third kappa shape index (κ3) is 4.61. The molecule has 1 atom stereocenters. The number of amides is 1. The van der Waals surface area contributed by atoms with Gasteiger partial charge in [-0.1, -0.05) is 25.1 Å². The number of hydrogen-bond acceptors (Lipinski definition) is 4. The normalized spacial score (nSPS) is 18.9. The number of piperidine rings is 1. The first-order valence-electron chi connectivity index (χ1n) is 9.39. The van der Waals surface area contributed by atoms with Crippen LogP contribution in [0.25, 0.3) is 0 Å². The molecule has 6 heteroatoms. The highest BCUT2D eigenvalue weighted by Crippen LogP contribution is 2.27. The van der Waals surface area contributed by atoms with Crippen molar-refractivity contribution in [2.45, 2.75) is 31.3 Å². The van der Waals surface area contributed by atoms with Gasteiger partial charge in [-0.3, -0.25) is 9.69 Å². The number of hydrogen-bond donors (Lipinski definition) is 1. The lowest BCUT2D eigenvalue weighted by Gasteiger charge is -2.46. The Bertz CT molecular complexity index is 597. The van der Waals surface area contributed by atoms with Crippen LogP contribution in [0.3, 0.4) is 0 Å². The highest BCUT2D eigenvalue weighted by Gasteiger charge is 2.37. The number of carbonyl (C=O) groups is 1. The second-order valence-corrected chi connectivity index (χ2v) is 7.66. The maximum absolute atomic E-state index is 14.2. The molecule has 1 aliphatic rings. The third-order valence-electron chi connectivity index (χ3n) is 5.74. The molecule has 26 heavy (non-hydrogen) atoms. The number of nitrogens with one attached hydrogen (secondary N) is 1. The second-order valence-electron chi connectivity index (χ2n) is 7.66. The van der Waals surface area contributed by atoms with Crippen molar-refractivity contribution < 1.29 is 9.18 Å². The van der Waals surface area contributed by atoms with E-state index in [9.17, 15) is 9.18 Å². The largest absolute Gasteiger partial charge is 0.353 e. The summed E-state index contributed by atoms with van der Waals surface area (Å²) < 4.78 is 14.2. The van der Waals surface area contributed by atoms with Gasteiger partial charge >= 0.3 is 0 Å². The van der Waals surface area contributed by atoms with Gasteiger partial charge in [-0.15, -0.1) is 0 Å². The second kappa shape index (κ2) is 8.93. The minimum atomic E-state index is -0.633. The van der Waals surface area contributed by atoms with Crippen molar-refractivity contribution in [2.75, 3.05) is 54.4 Å². The van der Waals surface area contributed by atoms with E-state index in [1.54, 1.807) is 37.2 Å². The molecule has 1 aromatic carbocycles. The van der Waals surface area contributed by atoms with Crippen molar-refractivity contribution in [1.82, 2.24) is 20.0 Å². The molecular weight excluding hydrogens is 331 g/mol. The van der Waals surface area contributed by atoms with E-state index in [4.69, 9.17) is 0 Å². The van der Waals surface area contributed by atoms with Gasteiger partial charge in [0, 0.05) is 17.6 Å². The summed E-state index contributed by atoms with van der Waals surface area (Å²) in [5, 5.41) is 3.11. The summed E-state index contributed by atoms with van der Waals surface area (Å²) in [5.74, 6) is -0.501.